The van der Waals surface area contributed by atoms with Crippen LogP contribution in [0.25, 0.3) is 0 Å². The molecule has 0 fully saturated rings. The van der Waals surface area contributed by atoms with E-state index >= 15 is 0 Å². The van der Waals surface area contributed by atoms with Crippen molar-refractivity contribution < 1.29 is 22.7 Å². The maximum Gasteiger partial charge on any atom is 0.340 e. The van der Waals surface area contributed by atoms with Crippen LogP contribution in [0.3, 0.4) is 0 Å². The van der Waals surface area contributed by atoms with Crippen molar-refractivity contribution in [1.82, 2.24) is 0 Å². The monoisotopic (exact) mass is 253 g/mol. The topological polar surface area (TPSA) is 97.5 Å². The molecule has 3 N–H and O–H groups in total. The number of nitrogens with two attached hydrogens (primary N) is 1. The third kappa shape index (κ3) is 2.25. The molecular weight excluding hydrogens is 249 g/mol. The standard InChI is InChI=1S/C7H5ClFNO4S/c8-6-4(15(10,13)14)2-1-3(9)5(6)7(11)12/h1-2H,(H,11,12)(H2,10,13,14). The minimum absolute atomic E-state index is 0.622. The molecule has 0 amide bonds. The summed E-state index contributed by atoms with van der Waals surface area (Å²) < 4.78 is 34.8. The zero-order chi connectivity index (χ0) is 11.8. The zero-order valence-corrected chi connectivity index (χ0v) is 8.64. The molecule has 0 aliphatic heterocycles. The van der Waals surface area contributed by atoms with Crippen molar-refractivity contribution in [2.75, 3.05) is 0 Å². The molecule has 0 bridgehead atoms. The van der Waals surface area contributed by atoms with Crippen LogP contribution in [0.15, 0.2) is 17.0 Å². The van der Waals surface area contributed by atoms with E-state index in [1.165, 1.54) is 0 Å². The second-order valence-corrected chi connectivity index (χ2v) is 4.49. The van der Waals surface area contributed by atoms with E-state index in [9.17, 15) is 17.6 Å². The van der Waals surface area contributed by atoms with Gasteiger partial charge in [-0.25, -0.2) is 22.7 Å². The molecule has 0 saturated heterocycles. The number of hydrogen-bond donors (Lipinski definition) is 2. The highest BCUT2D eigenvalue weighted by atomic mass is 35.5. The Kier molecular flexibility index (Phi) is 2.98. The van der Waals surface area contributed by atoms with Crippen molar-refractivity contribution in [1.29, 1.82) is 0 Å². The lowest BCUT2D eigenvalue weighted by Crippen LogP contribution is -2.15. The van der Waals surface area contributed by atoms with Gasteiger partial charge in [-0.3, -0.25) is 0 Å². The molecule has 8 heteroatoms. The number of rotatable bonds is 2. The van der Waals surface area contributed by atoms with Gasteiger partial charge in [0.2, 0.25) is 10.0 Å². The molecule has 0 aliphatic rings. The first kappa shape index (κ1) is 11.9. The van der Waals surface area contributed by atoms with Gasteiger partial charge in [-0.15, -0.1) is 0 Å². The summed E-state index contributed by atoms with van der Waals surface area (Å²) >= 11 is 5.41. The van der Waals surface area contributed by atoms with Crippen LogP contribution in [-0.4, -0.2) is 19.5 Å². The van der Waals surface area contributed by atoms with E-state index in [2.05, 4.69) is 0 Å². The quantitative estimate of drug-likeness (QED) is 0.815. The molecular formula is C7H5ClFNO4S. The number of aromatic carboxylic acids is 1. The van der Waals surface area contributed by atoms with Crippen LogP contribution in [0.1, 0.15) is 10.4 Å². The third-order valence-corrected chi connectivity index (χ3v) is 3.03. The number of carboxylic acids is 1. The fraction of sp³-hybridized carbons (Fsp3) is 0. The predicted octanol–water partition coefficient (Wildman–Crippen LogP) is 0.825. The van der Waals surface area contributed by atoms with Crippen molar-refractivity contribution in [2.24, 2.45) is 5.14 Å². The first-order valence-electron chi connectivity index (χ1n) is 3.49. The highest BCUT2D eigenvalue weighted by molar-refractivity contribution is 7.89. The van der Waals surface area contributed by atoms with Gasteiger partial charge in [-0.1, -0.05) is 11.6 Å². The van der Waals surface area contributed by atoms with Gasteiger partial charge >= 0.3 is 5.97 Å². The second-order valence-electron chi connectivity index (χ2n) is 2.58. The van der Waals surface area contributed by atoms with Crippen LogP contribution >= 0.6 is 11.6 Å². The molecule has 15 heavy (non-hydrogen) atoms. The van der Waals surface area contributed by atoms with Gasteiger partial charge in [0.1, 0.15) is 16.3 Å². The highest BCUT2D eigenvalue weighted by Crippen LogP contribution is 2.26. The molecule has 0 heterocycles. The highest BCUT2D eigenvalue weighted by Gasteiger charge is 2.22. The van der Waals surface area contributed by atoms with Gasteiger partial charge in [-0.05, 0) is 12.1 Å². The fourth-order valence-corrected chi connectivity index (χ4v) is 2.12. The summed E-state index contributed by atoms with van der Waals surface area (Å²) in [6, 6.07) is 1.48. The van der Waals surface area contributed by atoms with Crippen molar-refractivity contribution in [3.8, 4) is 0 Å². The normalized spacial score (nSPS) is 11.4. The second kappa shape index (κ2) is 3.76. The lowest BCUT2D eigenvalue weighted by Gasteiger charge is -2.05. The number of benzene rings is 1. The summed E-state index contributed by atoms with van der Waals surface area (Å²) in [5.41, 5.74) is -0.914. The van der Waals surface area contributed by atoms with Crippen LogP contribution < -0.4 is 5.14 Å². The minimum Gasteiger partial charge on any atom is -0.478 e. The Balaban J connectivity index is 3.64. The number of hydrogen-bond acceptors (Lipinski definition) is 3. The van der Waals surface area contributed by atoms with Crippen LogP contribution in [-0.2, 0) is 10.0 Å². The van der Waals surface area contributed by atoms with Crippen molar-refractivity contribution in [3.05, 3.63) is 28.5 Å². The summed E-state index contributed by atoms with van der Waals surface area (Å²) in [6.45, 7) is 0. The average molecular weight is 254 g/mol. The summed E-state index contributed by atoms with van der Waals surface area (Å²) in [7, 11) is -4.17. The molecule has 0 unspecified atom stereocenters. The zero-order valence-electron chi connectivity index (χ0n) is 7.07. The Hall–Kier alpha value is -1.18. The Morgan fingerprint density at radius 3 is 2.40 bits per heavy atom. The lowest BCUT2D eigenvalue weighted by molar-refractivity contribution is 0.0692. The number of carbonyl (C=O) groups is 1. The molecule has 5 nitrogen and oxygen atoms in total. The summed E-state index contributed by atoms with van der Waals surface area (Å²) in [5, 5.41) is 12.6. The van der Waals surface area contributed by atoms with Crippen LogP contribution in [0, 0.1) is 5.82 Å². The van der Waals surface area contributed by atoms with Crippen LogP contribution in [0.2, 0.25) is 5.02 Å². The van der Waals surface area contributed by atoms with Gasteiger partial charge < -0.3 is 5.11 Å². The van der Waals surface area contributed by atoms with Crippen LogP contribution in [0.4, 0.5) is 4.39 Å². The van der Waals surface area contributed by atoms with E-state index in [0.717, 1.165) is 6.07 Å². The fourth-order valence-electron chi connectivity index (χ4n) is 0.949. The lowest BCUT2D eigenvalue weighted by atomic mass is 10.2. The van der Waals surface area contributed by atoms with Gasteiger partial charge in [0.15, 0.2) is 0 Å². The maximum absolute atomic E-state index is 13.0. The minimum atomic E-state index is -4.17. The molecule has 1 rings (SSSR count). The molecule has 82 valence electrons. The Morgan fingerprint density at radius 1 is 1.47 bits per heavy atom. The molecule has 0 aliphatic carbocycles. The smallest absolute Gasteiger partial charge is 0.340 e. The third-order valence-electron chi connectivity index (χ3n) is 1.58. The molecule has 0 aromatic heterocycles. The Bertz CT molecular complexity index is 528. The molecule has 1 aromatic rings. The van der Waals surface area contributed by atoms with Gasteiger partial charge in [-0.2, -0.15) is 0 Å². The van der Waals surface area contributed by atoms with Gasteiger partial charge in [0.25, 0.3) is 0 Å². The van der Waals surface area contributed by atoms with Crippen molar-refractivity contribution in [2.45, 2.75) is 4.90 Å². The average Bonchev–Trinajstić information content (AvgIpc) is 2.00. The first-order valence-corrected chi connectivity index (χ1v) is 5.41. The maximum atomic E-state index is 13.0. The first-order chi connectivity index (χ1) is 6.75. The van der Waals surface area contributed by atoms with Gasteiger partial charge in [0, 0.05) is 0 Å². The molecule has 0 radical (unpaired) electrons. The SMILES string of the molecule is NS(=O)(=O)c1ccc(F)c(C(=O)O)c1Cl. The van der Waals surface area contributed by atoms with E-state index in [1.54, 1.807) is 0 Å². The van der Waals surface area contributed by atoms with E-state index < -0.39 is 37.3 Å². The van der Waals surface area contributed by atoms with Crippen molar-refractivity contribution in [3.63, 3.8) is 0 Å². The molecule has 1 aromatic carbocycles. The van der Waals surface area contributed by atoms with E-state index in [1.807, 2.05) is 0 Å². The predicted molar refractivity (Wildman–Crippen MR) is 49.7 cm³/mol. The number of carboxylic acid groups (broad SMARTS) is 1. The summed E-state index contributed by atoms with van der Waals surface area (Å²) in [5.74, 6) is -2.79. The number of sulfonamides is 1. The Morgan fingerprint density at radius 2 is 2.00 bits per heavy atom. The number of halogens is 2. The van der Waals surface area contributed by atoms with Gasteiger partial charge in [0.05, 0.1) is 5.02 Å². The van der Waals surface area contributed by atoms with Crippen LogP contribution in [0.5, 0.6) is 0 Å². The summed E-state index contributed by atoms with van der Waals surface area (Å²) in [4.78, 5) is 9.94. The van der Waals surface area contributed by atoms with Crippen molar-refractivity contribution >= 4 is 27.6 Å². The molecule has 0 spiro atoms. The van der Waals surface area contributed by atoms with E-state index in [4.69, 9.17) is 21.8 Å². The number of primary sulfonamides is 1. The Labute approximate surface area is 89.3 Å². The molecule has 0 atom stereocenters. The molecule has 0 saturated carbocycles. The largest absolute Gasteiger partial charge is 0.478 e. The summed E-state index contributed by atoms with van der Waals surface area (Å²) in [6.07, 6.45) is 0. The van der Waals surface area contributed by atoms with E-state index in [-0.39, 0.29) is 0 Å². The van der Waals surface area contributed by atoms with E-state index in [0.29, 0.717) is 6.07 Å².